The van der Waals surface area contributed by atoms with Gasteiger partial charge in [0.25, 0.3) is 0 Å². The van der Waals surface area contributed by atoms with Gasteiger partial charge in [-0.25, -0.2) is 38.2 Å². The predicted octanol–water partition coefficient (Wildman–Crippen LogP) is 26.6. The molecule has 598 valence electrons. The van der Waals surface area contributed by atoms with Crippen molar-refractivity contribution in [1.29, 1.82) is 0 Å². The molecule has 0 unspecified atom stereocenters. The molecule has 0 radical (unpaired) electrons. The number of rotatable bonds is 12. The molecular weight excluding hydrogens is 1490 g/mol. The number of hydrogen-bond donors (Lipinski definition) is 0. The summed E-state index contributed by atoms with van der Waals surface area (Å²) in [5.74, 6) is 1.46. The SMILES string of the molecule is Cc1ccc(-c2ccc(-c3c(C)ccc4c3oc3nc(C(C)C)ccc34)[n+](C)c2)cc1.Cc1ccc2c(oc3nc(C(C)C)ccc32)c1-c1c(-c2ccccc2)ccc[n+]1C.Cc1ccc2c(oc3nc(C(C)C)ccc32)c1-c1cc(-c2ccccc2)cc[n+]1C.Cc1ccc2c(oc3nc(C(C)C)ccc32)c1-c1ccc(-c2ccccc2)c[n+]1C. The fourth-order valence-electron chi connectivity index (χ4n) is 16.7. The van der Waals surface area contributed by atoms with E-state index in [1.54, 1.807) is 0 Å². The number of aryl methyl sites for hydroxylation is 9. The van der Waals surface area contributed by atoms with Gasteiger partial charge in [-0.05, 0) is 175 Å². The average Bonchev–Trinajstić information content (AvgIpc) is 1.72. The summed E-state index contributed by atoms with van der Waals surface area (Å²) in [6.45, 7) is 27.9. The maximum absolute atomic E-state index is 6.43. The van der Waals surface area contributed by atoms with E-state index < -0.39 is 0 Å². The lowest BCUT2D eigenvalue weighted by atomic mass is 9.94. The minimum Gasteiger partial charge on any atom is -0.437 e. The molecule has 12 aromatic heterocycles. The number of pyridine rings is 8. The van der Waals surface area contributed by atoms with E-state index in [2.05, 4.69) is 410 Å². The first kappa shape index (κ1) is 79.6. The Labute approximate surface area is 707 Å². The molecule has 0 saturated heterocycles. The number of fused-ring (bicyclic) bond motifs is 12. The van der Waals surface area contributed by atoms with Crippen LogP contribution in [0.1, 0.15) is 130 Å². The summed E-state index contributed by atoms with van der Waals surface area (Å²) < 4.78 is 34.3. The van der Waals surface area contributed by atoms with Crippen LogP contribution in [0, 0.1) is 34.6 Å². The first-order chi connectivity index (χ1) is 58.5. The summed E-state index contributed by atoms with van der Waals surface area (Å²) >= 11 is 0. The highest BCUT2D eigenvalue weighted by atomic mass is 16.4. The van der Waals surface area contributed by atoms with Gasteiger partial charge < -0.3 is 17.7 Å². The Bertz CT molecular complexity index is 7310. The first-order valence-corrected chi connectivity index (χ1v) is 42.1. The summed E-state index contributed by atoms with van der Waals surface area (Å²) in [4.78, 5) is 19.2. The zero-order valence-corrected chi connectivity index (χ0v) is 72.2. The van der Waals surface area contributed by atoms with Crippen LogP contribution in [0.25, 0.3) is 178 Å². The van der Waals surface area contributed by atoms with Crippen LogP contribution in [0.3, 0.4) is 0 Å². The lowest BCUT2D eigenvalue weighted by molar-refractivity contribution is -0.660. The zero-order chi connectivity index (χ0) is 84.2. The number of furan rings is 4. The molecule has 121 heavy (non-hydrogen) atoms. The molecule has 0 N–H and O–H groups in total. The second-order valence-corrected chi connectivity index (χ2v) is 33.5. The van der Waals surface area contributed by atoms with E-state index in [4.69, 9.17) is 37.6 Å². The second kappa shape index (κ2) is 33.2. The van der Waals surface area contributed by atoms with Crippen LogP contribution in [0.5, 0.6) is 0 Å². The van der Waals surface area contributed by atoms with Crippen molar-refractivity contribution in [3.05, 3.63) is 336 Å². The fraction of sp³-hybridized carbons (Fsp3) is 0.193. The maximum atomic E-state index is 6.43. The molecule has 8 aromatic carbocycles. The van der Waals surface area contributed by atoms with Crippen molar-refractivity contribution in [1.82, 2.24) is 19.9 Å². The van der Waals surface area contributed by atoms with Crippen molar-refractivity contribution in [2.24, 2.45) is 28.2 Å². The Morgan fingerprint density at radius 1 is 0.248 bits per heavy atom. The van der Waals surface area contributed by atoms with Crippen molar-refractivity contribution < 1.29 is 35.9 Å². The number of hydrogen-bond acceptors (Lipinski definition) is 8. The van der Waals surface area contributed by atoms with Crippen molar-refractivity contribution in [2.45, 2.75) is 114 Å². The molecule has 20 aromatic rings. The number of benzene rings is 8. The van der Waals surface area contributed by atoms with Gasteiger partial charge >= 0.3 is 0 Å². The molecule has 0 atom stereocenters. The summed E-state index contributed by atoms with van der Waals surface area (Å²) in [6, 6.07) is 91.9. The lowest BCUT2D eigenvalue weighted by Gasteiger charge is -2.10. The Kier molecular flexibility index (Phi) is 21.8. The molecular formula is C109H102N8O4+4. The van der Waals surface area contributed by atoms with Gasteiger partial charge in [-0.3, -0.25) is 0 Å². The van der Waals surface area contributed by atoms with E-state index >= 15 is 0 Å². The van der Waals surface area contributed by atoms with Gasteiger partial charge in [-0.1, -0.05) is 225 Å². The van der Waals surface area contributed by atoms with Gasteiger partial charge in [0.1, 0.15) is 28.2 Å². The van der Waals surface area contributed by atoms with Gasteiger partial charge in [0.2, 0.25) is 45.6 Å². The highest BCUT2D eigenvalue weighted by molar-refractivity contribution is 6.12. The molecule has 12 heteroatoms. The number of aromatic nitrogens is 8. The van der Waals surface area contributed by atoms with Crippen LogP contribution in [-0.2, 0) is 28.2 Å². The number of nitrogens with zero attached hydrogens (tertiary/aromatic N) is 8. The maximum Gasteiger partial charge on any atom is 0.227 e. The van der Waals surface area contributed by atoms with Crippen LogP contribution in [0.4, 0.5) is 0 Å². The topological polar surface area (TPSA) is 120 Å². The van der Waals surface area contributed by atoms with E-state index in [0.29, 0.717) is 46.5 Å². The van der Waals surface area contributed by atoms with E-state index in [9.17, 15) is 0 Å². The van der Waals surface area contributed by atoms with Crippen LogP contribution in [-0.4, -0.2) is 19.9 Å². The molecule has 0 bridgehead atoms. The van der Waals surface area contributed by atoms with Gasteiger partial charge in [0, 0.05) is 107 Å². The summed E-state index contributed by atoms with van der Waals surface area (Å²) in [6.07, 6.45) is 8.59. The lowest BCUT2D eigenvalue weighted by Crippen LogP contribution is -2.31. The first-order valence-electron chi connectivity index (χ1n) is 42.1. The Morgan fingerprint density at radius 2 is 0.570 bits per heavy atom. The van der Waals surface area contributed by atoms with Crippen molar-refractivity contribution in [2.75, 3.05) is 0 Å². The zero-order valence-electron chi connectivity index (χ0n) is 72.2. The van der Waals surface area contributed by atoms with E-state index in [0.717, 1.165) is 133 Å². The van der Waals surface area contributed by atoms with Crippen LogP contribution in [0.2, 0.25) is 0 Å². The normalized spacial score (nSPS) is 11.6. The molecule has 0 saturated carbocycles. The van der Waals surface area contributed by atoms with Gasteiger partial charge in [0.15, 0.2) is 47.1 Å². The largest absolute Gasteiger partial charge is 0.437 e. The third-order valence-corrected chi connectivity index (χ3v) is 23.6. The quantitative estimate of drug-likeness (QED) is 0.111. The highest BCUT2D eigenvalue weighted by Crippen LogP contribution is 2.44. The predicted molar refractivity (Wildman–Crippen MR) is 494 cm³/mol. The molecule has 0 aliphatic heterocycles. The van der Waals surface area contributed by atoms with Crippen LogP contribution in [0.15, 0.2) is 303 Å². The van der Waals surface area contributed by atoms with Crippen LogP contribution >= 0.6 is 0 Å². The minimum absolute atomic E-state index is 0.362. The van der Waals surface area contributed by atoms with Crippen molar-refractivity contribution in [3.8, 4) is 89.5 Å². The van der Waals surface area contributed by atoms with E-state index in [1.165, 1.54) is 72.3 Å². The smallest absolute Gasteiger partial charge is 0.227 e. The molecule has 12 heterocycles. The molecule has 0 aliphatic carbocycles. The minimum atomic E-state index is 0.362. The molecule has 0 amide bonds. The monoisotopic (exact) mass is 1590 g/mol. The van der Waals surface area contributed by atoms with Gasteiger partial charge in [0.05, 0.1) is 27.8 Å². The average molecular weight is 1590 g/mol. The van der Waals surface area contributed by atoms with Crippen LogP contribution < -0.4 is 18.3 Å². The van der Waals surface area contributed by atoms with Gasteiger partial charge in [-0.2, -0.15) is 0 Å². The standard InChI is InChI=1S/C28H27N2O.3C27H25N2O/c1-17(2)24-14-13-23-22-12-8-19(4)26(27(22)31-28(23)29-24)25-15-11-21(16-30(25)5)20-9-6-18(3)7-10-20;1-17(2)23-15-14-22-21-13-12-18(3)24(26(21)30-27(22)28-23)25-20(11-8-16-29(25)4)19-9-6-5-7-10-19;1-17(2)23-14-13-22-21-12-10-18(3)25(26(21)30-27(22)28-23)24-15-11-20(16-29(24)4)19-8-6-5-7-9-19;1-17(2)23-13-12-22-21-11-10-18(3)25(26(21)30-27(22)28-23)24-16-20(14-15-29(24)4)19-8-6-5-7-9-19/h6-17H,1-5H3;3*5-17H,1-4H3/q4*+1. The van der Waals surface area contributed by atoms with Crippen molar-refractivity contribution >= 4 is 88.3 Å². The Hall–Kier alpha value is -13.8. The molecule has 20 rings (SSSR count). The van der Waals surface area contributed by atoms with E-state index in [-0.39, 0.29) is 0 Å². The molecule has 0 fully saturated rings. The van der Waals surface area contributed by atoms with Crippen molar-refractivity contribution in [3.63, 3.8) is 0 Å². The summed E-state index contributed by atoms with van der Waals surface area (Å²) in [7, 11) is 8.37. The fourth-order valence-corrected chi connectivity index (χ4v) is 16.7. The van der Waals surface area contributed by atoms with E-state index in [1.807, 2.05) is 12.1 Å². The highest BCUT2D eigenvalue weighted by Gasteiger charge is 2.29. The Morgan fingerprint density at radius 3 is 0.942 bits per heavy atom. The third-order valence-electron chi connectivity index (χ3n) is 23.6. The summed E-state index contributed by atoms with van der Waals surface area (Å²) in [5.41, 5.74) is 35.3. The third kappa shape index (κ3) is 15.4. The Balaban J connectivity index is 0.000000115. The van der Waals surface area contributed by atoms with Gasteiger partial charge in [-0.15, -0.1) is 0 Å². The molecule has 0 aliphatic rings. The second-order valence-electron chi connectivity index (χ2n) is 33.5. The molecule has 12 nitrogen and oxygen atoms in total. The summed E-state index contributed by atoms with van der Waals surface area (Å²) in [5, 5.41) is 8.71. The molecule has 0 spiro atoms.